The van der Waals surface area contributed by atoms with Gasteiger partial charge >= 0.3 is 0 Å². The molecular weight excluding hydrogens is 326 g/mol. The van der Waals surface area contributed by atoms with Crippen molar-refractivity contribution in [1.29, 1.82) is 0 Å². The Labute approximate surface area is 152 Å². The monoisotopic (exact) mass is 349 g/mol. The highest BCUT2D eigenvalue weighted by molar-refractivity contribution is 5.94. The highest BCUT2D eigenvalue weighted by Crippen LogP contribution is 2.17. The molecule has 0 atom stereocenters. The lowest BCUT2D eigenvalue weighted by Crippen LogP contribution is -2.26. The summed E-state index contributed by atoms with van der Waals surface area (Å²) >= 11 is 0. The number of nitrogens with one attached hydrogen (secondary N) is 2. The van der Waals surface area contributed by atoms with Gasteiger partial charge in [-0.15, -0.1) is 0 Å². The van der Waals surface area contributed by atoms with E-state index in [0.717, 1.165) is 22.2 Å². The molecule has 0 saturated heterocycles. The Morgan fingerprint density at radius 3 is 2.35 bits per heavy atom. The summed E-state index contributed by atoms with van der Waals surface area (Å²) in [5, 5.41) is 3.79. The van der Waals surface area contributed by atoms with E-state index in [1.165, 1.54) is 5.56 Å². The Balaban J connectivity index is 1.78. The van der Waals surface area contributed by atoms with Gasteiger partial charge < -0.3 is 15.2 Å². The van der Waals surface area contributed by atoms with Crippen LogP contribution in [0.2, 0.25) is 0 Å². The quantitative estimate of drug-likeness (QED) is 0.760. The van der Waals surface area contributed by atoms with E-state index in [2.05, 4.69) is 10.3 Å². The first-order chi connectivity index (χ1) is 12.3. The number of aromatic amines is 1. The molecule has 2 aromatic carbocycles. The predicted molar refractivity (Wildman–Crippen MR) is 106 cm³/mol. The molecule has 1 aromatic heterocycles. The third-order valence-corrected chi connectivity index (χ3v) is 4.62. The van der Waals surface area contributed by atoms with Crippen LogP contribution in [0.1, 0.15) is 27.0 Å². The molecule has 5 nitrogen and oxygen atoms in total. The maximum Gasteiger partial charge on any atom is 0.253 e. The SMILES string of the molecule is Cc1cc2cc(CNC(=O)c3ccc(N(C)C)cc3)c(=O)[nH]c2cc1C. The summed E-state index contributed by atoms with van der Waals surface area (Å²) < 4.78 is 0. The van der Waals surface area contributed by atoms with Crippen LogP contribution in [0.4, 0.5) is 5.69 Å². The van der Waals surface area contributed by atoms with E-state index in [4.69, 9.17) is 0 Å². The van der Waals surface area contributed by atoms with Crippen LogP contribution in [0.15, 0.2) is 47.3 Å². The number of fused-ring (bicyclic) bond motifs is 1. The molecule has 3 aromatic rings. The second kappa shape index (κ2) is 7.04. The topological polar surface area (TPSA) is 65.2 Å². The van der Waals surface area contributed by atoms with E-state index in [-0.39, 0.29) is 18.0 Å². The summed E-state index contributed by atoms with van der Waals surface area (Å²) in [5.74, 6) is -0.199. The number of amides is 1. The molecule has 26 heavy (non-hydrogen) atoms. The molecule has 3 rings (SSSR count). The molecule has 0 aliphatic heterocycles. The van der Waals surface area contributed by atoms with Gasteiger partial charge in [-0.25, -0.2) is 0 Å². The highest BCUT2D eigenvalue weighted by atomic mass is 16.1. The number of hydrogen-bond acceptors (Lipinski definition) is 3. The zero-order valence-corrected chi connectivity index (χ0v) is 15.5. The molecule has 1 amide bonds. The fraction of sp³-hybridized carbons (Fsp3) is 0.238. The van der Waals surface area contributed by atoms with Gasteiger partial charge in [-0.3, -0.25) is 9.59 Å². The summed E-state index contributed by atoms with van der Waals surface area (Å²) in [6.07, 6.45) is 0. The Hall–Kier alpha value is -3.08. The summed E-state index contributed by atoms with van der Waals surface area (Å²) in [4.78, 5) is 29.5. The first-order valence-electron chi connectivity index (χ1n) is 8.54. The summed E-state index contributed by atoms with van der Waals surface area (Å²) in [7, 11) is 3.90. The second-order valence-corrected chi connectivity index (χ2v) is 6.77. The van der Waals surface area contributed by atoms with E-state index >= 15 is 0 Å². The van der Waals surface area contributed by atoms with Crippen LogP contribution in [0.3, 0.4) is 0 Å². The Morgan fingerprint density at radius 1 is 1.04 bits per heavy atom. The number of carbonyl (C=O) groups is 1. The number of rotatable bonds is 4. The fourth-order valence-electron chi connectivity index (χ4n) is 2.84. The molecule has 0 aliphatic carbocycles. The average Bonchev–Trinajstić information content (AvgIpc) is 2.61. The number of aromatic nitrogens is 1. The van der Waals surface area contributed by atoms with Gasteiger partial charge in [-0.2, -0.15) is 0 Å². The zero-order valence-electron chi connectivity index (χ0n) is 15.5. The van der Waals surface area contributed by atoms with Crippen LogP contribution in [-0.2, 0) is 6.54 Å². The molecule has 0 spiro atoms. The Kier molecular flexibility index (Phi) is 4.80. The third-order valence-electron chi connectivity index (χ3n) is 4.62. The summed E-state index contributed by atoms with van der Waals surface area (Å²) in [6.45, 7) is 4.24. The van der Waals surface area contributed by atoms with Crippen molar-refractivity contribution in [2.45, 2.75) is 20.4 Å². The van der Waals surface area contributed by atoms with Gasteiger partial charge in [0.1, 0.15) is 0 Å². The van der Waals surface area contributed by atoms with Crippen LogP contribution in [0.25, 0.3) is 10.9 Å². The Morgan fingerprint density at radius 2 is 1.69 bits per heavy atom. The highest BCUT2D eigenvalue weighted by Gasteiger charge is 2.09. The first kappa shape index (κ1) is 17.7. The van der Waals surface area contributed by atoms with Crippen molar-refractivity contribution >= 4 is 22.5 Å². The molecule has 134 valence electrons. The normalized spacial score (nSPS) is 10.8. The van der Waals surface area contributed by atoms with Crippen molar-refractivity contribution in [3.8, 4) is 0 Å². The number of carbonyl (C=O) groups excluding carboxylic acids is 1. The molecule has 5 heteroatoms. The van der Waals surface area contributed by atoms with E-state index in [9.17, 15) is 9.59 Å². The molecule has 2 N–H and O–H groups in total. The van der Waals surface area contributed by atoms with Gasteiger partial charge in [0.2, 0.25) is 0 Å². The second-order valence-electron chi connectivity index (χ2n) is 6.77. The van der Waals surface area contributed by atoms with Crippen molar-refractivity contribution in [1.82, 2.24) is 10.3 Å². The molecular formula is C21H23N3O2. The van der Waals surface area contributed by atoms with Gasteiger partial charge in [-0.1, -0.05) is 0 Å². The van der Waals surface area contributed by atoms with Gasteiger partial charge in [0.05, 0.1) is 0 Å². The summed E-state index contributed by atoms with van der Waals surface area (Å²) in [5.41, 5.74) is 5.07. The number of hydrogen-bond donors (Lipinski definition) is 2. The lowest BCUT2D eigenvalue weighted by molar-refractivity contribution is 0.0951. The van der Waals surface area contributed by atoms with E-state index in [0.29, 0.717) is 11.1 Å². The summed E-state index contributed by atoms with van der Waals surface area (Å²) in [6, 6.07) is 13.2. The number of nitrogens with zero attached hydrogens (tertiary/aromatic N) is 1. The number of benzene rings is 2. The minimum absolute atomic E-state index is 0.177. The van der Waals surface area contributed by atoms with Crippen molar-refractivity contribution in [2.75, 3.05) is 19.0 Å². The van der Waals surface area contributed by atoms with Gasteiger partial charge in [0.15, 0.2) is 0 Å². The minimum Gasteiger partial charge on any atom is -0.378 e. The number of aryl methyl sites for hydroxylation is 2. The number of anilines is 1. The molecule has 0 fully saturated rings. The molecule has 0 radical (unpaired) electrons. The molecule has 0 unspecified atom stereocenters. The van der Waals surface area contributed by atoms with Gasteiger partial charge in [-0.05, 0) is 72.8 Å². The zero-order chi connectivity index (χ0) is 18.8. The molecule has 0 aliphatic rings. The lowest BCUT2D eigenvalue weighted by Gasteiger charge is -2.12. The fourth-order valence-corrected chi connectivity index (χ4v) is 2.84. The third kappa shape index (κ3) is 3.61. The van der Waals surface area contributed by atoms with Crippen LogP contribution in [0.5, 0.6) is 0 Å². The largest absolute Gasteiger partial charge is 0.378 e. The molecule has 0 saturated carbocycles. The van der Waals surface area contributed by atoms with Crippen molar-refractivity contribution in [3.63, 3.8) is 0 Å². The van der Waals surface area contributed by atoms with Gasteiger partial charge in [0.25, 0.3) is 11.5 Å². The smallest absolute Gasteiger partial charge is 0.253 e. The van der Waals surface area contributed by atoms with E-state index < -0.39 is 0 Å². The Bertz CT molecular complexity index is 1020. The average molecular weight is 349 g/mol. The standard InChI is InChI=1S/C21H23N3O2/c1-13-9-16-11-17(21(26)23-19(16)10-14(13)2)12-22-20(25)15-5-7-18(8-6-15)24(3)4/h5-11H,12H2,1-4H3,(H,22,25)(H,23,26). The maximum atomic E-state index is 12.3. The van der Waals surface area contributed by atoms with Crippen molar-refractivity contribution in [3.05, 3.63) is 75.1 Å². The lowest BCUT2D eigenvalue weighted by atomic mass is 10.0. The maximum absolute atomic E-state index is 12.3. The first-order valence-corrected chi connectivity index (χ1v) is 8.54. The number of pyridine rings is 1. The number of H-pyrrole nitrogens is 1. The van der Waals surface area contributed by atoms with Crippen LogP contribution >= 0.6 is 0 Å². The molecule has 0 bridgehead atoms. The van der Waals surface area contributed by atoms with E-state index in [1.807, 2.05) is 63.2 Å². The van der Waals surface area contributed by atoms with Crippen molar-refractivity contribution in [2.24, 2.45) is 0 Å². The molecule has 1 heterocycles. The van der Waals surface area contributed by atoms with Crippen LogP contribution < -0.4 is 15.8 Å². The predicted octanol–water partition coefficient (Wildman–Crippen LogP) is 3.14. The van der Waals surface area contributed by atoms with Crippen LogP contribution in [0, 0.1) is 13.8 Å². The van der Waals surface area contributed by atoms with E-state index in [1.54, 1.807) is 12.1 Å². The van der Waals surface area contributed by atoms with Gasteiger partial charge in [0, 0.05) is 43.0 Å². The van der Waals surface area contributed by atoms with Crippen LogP contribution in [-0.4, -0.2) is 25.0 Å². The minimum atomic E-state index is -0.199. The van der Waals surface area contributed by atoms with Crippen molar-refractivity contribution < 1.29 is 4.79 Å².